The van der Waals surface area contributed by atoms with Crippen LogP contribution in [0.1, 0.15) is 25.3 Å². The predicted molar refractivity (Wildman–Crippen MR) is 78.4 cm³/mol. The Labute approximate surface area is 127 Å². The zero-order chi connectivity index (χ0) is 15.6. The van der Waals surface area contributed by atoms with Gasteiger partial charge in [-0.1, -0.05) is 11.6 Å². The van der Waals surface area contributed by atoms with Crippen molar-refractivity contribution in [3.8, 4) is 0 Å². The number of carboxylic acid groups (broad SMARTS) is 1. The van der Waals surface area contributed by atoms with Gasteiger partial charge in [-0.2, -0.15) is 0 Å². The predicted octanol–water partition coefficient (Wildman–Crippen LogP) is 2.93. The molecule has 0 amide bonds. The van der Waals surface area contributed by atoms with Crippen LogP contribution in [-0.2, 0) is 11.3 Å². The van der Waals surface area contributed by atoms with Crippen molar-refractivity contribution in [3.63, 3.8) is 0 Å². The van der Waals surface area contributed by atoms with E-state index in [1.807, 2.05) is 0 Å². The summed E-state index contributed by atoms with van der Waals surface area (Å²) in [5, 5.41) is 20.2. The number of carbonyl (C=O) groups is 1. The molecular formula is C14H17ClN2O4. The topological polar surface area (TPSA) is 83.7 Å². The van der Waals surface area contributed by atoms with E-state index in [1.165, 1.54) is 12.1 Å². The van der Waals surface area contributed by atoms with Gasteiger partial charge < -0.3 is 5.11 Å². The number of benzene rings is 1. The highest BCUT2D eigenvalue weighted by atomic mass is 35.5. The number of nitro benzene ring substituents is 1. The molecule has 1 aliphatic rings. The summed E-state index contributed by atoms with van der Waals surface area (Å²) in [5.41, 5.74) is 0.137. The molecule has 0 atom stereocenters. The number of aliphatic carboxylic acids is 1. The lowest BCUT2D eigenvalue weighted by Gasteiger charge is -2.36. The van der Waals surface area contributed by atoms with Crippen molar-refractivity contribution in [2.75, 3.05) is 13.1 Å². The van der Waals surface area contributed by atoms with E-state index in [1.54, 1.807) is 13.0 Å². The molecule has 1 N–H and O–H groups in total. The van der Waals surface area contributed by atoms with Crippen LogP contribution in [0, 0.1) is 15.5 Å². The van der Waals surface area contributed by atoms with E-state index in [2.05, 4.69) is 4.90 Å². The second-order valence-corrected chi connectivity index (χ2v) is 6.08. The molecule has 0 aromatic heterocycles. The Morgan fingerprint density at radius 2 is 2.10 bits per heavy atom. The Balaban J connectivity index is 2.01. The molecule has 21 heavy (non-hydrogen) atoms. The van der Waals surface area contributed by atoms with Crippen molar-refractivity contribution >= 4 is 23.3 Å². The molecule has 0 unspecified atom stereocenters. The van der Waals surface area contributed by atoms with Gasteiger partial charge in [0.05, 0.1) is 15.4 Å². The number of nitrogens with zero attached hydrogens (tertiary/aromatic N) is 2. The largest absolute Gasteiger partial charge is 0.481 e. The number of non-ortho nitro benzene ring substituents is 1. The maximum atomic E-state index is 11.2. The van der Waals surface area contributed by atoms with Gasteiger partial charge in [0.25, 0.3) is 5.69 Å². The van der Waals surface area contributed by atoms with Crippen LogP contribution in [0.4, 0.5) is 5.69 Å². The van der Waals surface area contributed by atoms with E-state index < -0.39 is 16.3 Å². The van der Waals surface area contributed by atoms with Gasteiger partial charge in [0.2, 0.25) is 0 Å². The Hall–Kier alpha value is -1.66. The minimum Gasteiger partial charge on any atom is -0.481 e. The summed E-state index contributed by atoms with van der Waals surface area (Å²) in [7, 11) is 0. The van der Waals surface area contributed by atoms with Crippen molar-refractivity contribution in [1.29, 1.82) is 0 Å². The van der Waals surface area contributed by atoms with E-state index in [0.29, 0.717) is 37.5 Å². The van der Waals surface area contributed by atoms with Gasteiger partial charge in [0.15, 0.2) is 0 Å². The lowest BCUT2D eigenvalue weighted by Crippen LogP contribution is -2.42. The van der Waals surface area contributed by atoms with Crippen molar-refractivity contribution in [1.82, 2.24) is 4.90 Å². The van der Waals surface area contributed by atoms with Crippen LogP contribution < -0.4 is 0 Å². The maximum Gasteiger partial charge on any atom is 0.309 e. The van der Waals surface area contributed by atoms with Crippen molar-refractivity contribution in [2.24, 2.45) is 5.41 Å². The Morgan fingerprint density at radius 1 is 1.48 bits per heavy atom. The molecule has 114 valence electrons. The van der Waals surface area contributed by atoms with E-state index in [-0.39, 0.29) is 5.69 Å². The average molecular weight is 313 g/mol. The van der Waals surface area contributed by atoms with Crippen molar-refractivity contribution in [2.45, 2.75) is 26.3 Å². The Kier molecular flexibility index (Phi) is 4.49. The zero-order valence-electron chi connectivity index (χ0n) is 11.7. The lowest BCUT2D eigenvalue weighted by molar-refractivity contribution is -0.384. The monoisotopic (exact) mass is 312 g/mol. The number of carboxylic acids is 1. The first-order chi connectivity index (χ1) is 9.82. The molecule has 1 saturated heterocycles. The molecular weight excluding hydrogens is 296 g/mol. The molecule has 1 heterocycles. The molecule has 0 saturated carbocycles. The third-order valence-electron chi connectivity index (χ3n) is 4.12. The SMILES string of the molecule is CC1(C(=O)O)CCN(Cc2ccc([N+](=O)[O-])cc2Cl)CC1. The number of hydrogen-bond acceptors (Lipinski definition) is 4. The van der Waals surface area contributed by atoms with Crippen LogP contribution in [0.25, 0.3) is 0 Å². The van der Waals surface area contributed by atoms with Crippen LogP contribution >= 0.6 is 11.6 Å². The molecule has 1 aliphatic heterocycles. The number of halogens is 1. The molecule has 0 aliphatic carbocycles. The molecule has 0 bridgehead atoms. The van der Waals surface area contributed by atoms with Gasteiger partial charge in [0, 0.05) is 18.7 Å². The van der Waals surface area contributed by atoms with E-state index in [9.17, 15) is 20.0 Å². The van der Waals surface area contributed by atoms with Crippen molar-refractivity contribution < 1.29 is 14.8 Å². The van der Waals surface area contributed by atoms with Crippen molar-refractivity contribution in [3.05, 3.63) is 38.9 Å². The first-order valence-corrected chi connectivity index (χ1v) is 7.08. The summed E-state index contributed by atoms with van der Waals surface area (Å²) in [4.78, 5) is 23.5. The first-order valence-electron chi connectivity index (χ1n) is 6.70. The van der Waals surface area contributed by atoms with Gasteiger partial charge in [-0.25, -0.2) is 0 Å². The summed E-state index contributed by atoms with van der Waals surface area (Å²) >= 11 is 6.07. The standard InChI is InChI=1S/C14H17ClN2O4/c1-14(13(18)19)4-6-16(7-5-14)9-10-2-3-11(17(20)21)8-12(10)15/h2-3,8H,4-7,9H2,1H3,(H,18,19). The van der Waals surface area contributed by atoms with Gasteiger partial charge in [0.1, 0.15) is 0 Å². The molecule has 1 fully saturated rings. The van der Waals surface area contributed by atoms with E-state index >= 15 is 0 Å². The molecule has 0 spiro atoms. The van der Waals surface area contributed by atoms with Gasteiger partial charge in [-0.05, 0) is 44.5 Å². The molecule has 1 aromatic rings. The third kappa shape index (κ3) is 3.51. The highest BCUT2D eigenvalue weighted by Gasteiger charge is 2.36. The summed E-state index contributed by atoms with van der Waals surface area (Å²) in [6.45, 7) is 3.70. The minimum absolute atomic E-state index is 0.0270. The van der Waals surface area contributed by atoms with E-state index in [0.717, 1.165) is 5.56 Å². The molecule has 6 nitrogen and oxygen atoms in total. The number of nitro groups is 1. The third-order valence-corrected chi connectivity index (χ3v) is 4.47. The van der Waals surface area contributed by atoms with Crippen LogP contribution in [0.2, 0.25) is 5.02 Å². The minimum atomic E-state index is -0.754. The first kappa shape index (κ1) is 15.7. The molecule has 7 heteroatoms. The van der Waals surface area contributed by atoms with E-state index in [4.69, 9.17) is 11.6 Å². The fourth-order valence-electron chi connectivity index (χ4n) is 2.44. The fourth-order valence-corrected chi connectivity index (χ4v) is 2.67. The smallest absolute Gasteiger partial charge is 0.309 e. The lowest BCUT2D eigenvalue weighted by atomic mass is 9.80. The summed E-state index contributed by atoms with van der Waals surface area (Å²) in [6, 6.07) is 4.44. The molecule has 1 aromatic carbocycles. The average Bonchev–Trinajstić information content (AvgIpc) is 2.43. The quantitative estimate of drug-likeness (QED) is 0.682. The number of piperidine rings is 1. The summed E-state index contributed by atoms with van der Waals surface area (Å²) < 4.78 is 0. The molecule has 0 radical (unpaired) electrons. The highest BCUT2D eigenvalue weighted by molar-refractivity contribution is 6.31. The van der Waals surface area contributed by atoms with Gasteiger partial charge in [-0.15, -0.1) is 0 Å². The van der Waals surface area contributed by atoms with Crippen LogP contribution in [-0.4, -0.2) is 34.0 Å². The molecule has 2 rings (SSSR count). The number of rotatable bonds is 4. The number of hydrogen-bond donors (Lipinski definition) is 1. The summed E-state index contributed by atoms with van der Waals surface area (Å²) in [5.74, 6) is -0.754. The van der Waals surface area contributed by atoms with Gasteiger partial charge in [-0.3, -0.25) is 19.8 Å². The van der Waals surface area contributed by atoms with Gasteiger partial charge >= 0.3 is 5.97 Å². The van der Waals surface area contributed by atoms with Crippen LogP contribution in [0.3, 0.4) is 0 Å². The highest BCUT2D eigenvalue weighted by Crippen LogP contribution is 2.32. The van der Waals surface area contributed by atoms with Crippen LogP contribution in [0.15, 0.2) is 18.2 Å². The van der Waals surface area contributed by atoms with Crippen LogP contribution in [0.5, 0.6) is 0 Å². The normalized spacial score (nSPS) is 18.4. The fraction of sp³-hybridized carbons (Fsp3) is 0.500. The Bertz CT molecular complexity index is 568. The maximum absolute atomic E-state index is 11.2. The number of likely N-dealkylation sites (tertiary alicyclic amines) is 1. The summed E-state index contributed by atoms with van der Waals surface area (Å²) in [6.07, 6.45) is 1.18. The zero-order valence-corrected chi connectivity index (χ0v) is 12.5. The Morgan fingerprint density at radius 3 is 2.57 bits per heavy atom. The second kappa shape index (κ2) is 5.99. The second-order valence-electron chi connectivity index (χ2n) is 5.67.